The fraction of sp³-hybridized carbons (Fsp3) is 0.615. The molecule has 0 radical (unpaired) electrons. The third-order valence-electron chi connectivity index (χ3n) is 3.36. The minimum Gasteiger partial charge on any atom is -0.311 e. The van der Waals surface area contributed by atoms with E-state index >= 15 is 0 Å². The van der Waals surface area contributed by atoms with Gasteiger partial charge in [-0.3, -0.25) is 9.88 Å². The molecule has 2 unspecified atom stereocenters. The van der Waals surface area contributed by atoms with Crippen molar-refractivity contribution in [3.05, 3.63) is 30.1 Å². The van der Waals surface area contributed by atoms with E-state index < -0.39 is 0 Å². The zero-order valence-corrected chi connectivity index (χ0v) is 10.2. The normalized spacial score (nSPS) is 26.9. The molecule has 3 heteroatoms. The zero-order valence-electron chi connectivity index (χ0n) is 10.2. The molecule has 1 aromatic heterocycles. The Labute approximate surface area is 97.9 Å². The molecular formula is C13H21N3. The molecule has 1 N–H and O–H groups in total. The summed E-state index contributed by atoms with van der Waals surface area (Å²) in [5.41, 5.74) is 1.17. The van der Waals surface area contributed by atoms with Gasteiger partial charge in [0.05, 0.1) is 5.69 Å². The Morgan fingerprint density at radius 1 is 1.50 bits per heavy atom. The number of pyridine rings is 1. The first kappa shape index (κ1) is 11.6. The lowest BCUT2D eigenvalue weighted by molar-refractivity contribution is 0.130. The summed E-state index contributed by atoms with van der Waals surface area (Å²) >= 11 is 0. The molecule has 88 valence electrons. The van der Waals surface area contributed by atoms with E-state index in [2.05, 4.69) is 41.2 Å². The first-order chi connectivity index (χ1) is 7.79. The summed E-state index contributed by atoms with van der Waals surface area (Å²) < 4.78 is 0. The third kappa shape index (κ3) is 2.80. The maximum atomic E-state index is 4.40. The number of rotatable bonds is 3. The Kier molecular flexibility index (Phi) is 3.91. The molecule has 0 aliphatic carbocycles. The summed E-state index contributed by atoms with van der Waals surface area (Å²) in [7, 11) is 0. The van der Waals surface area contributed by atoms with Gasteiger partial charge in [0.25, 0.3) is 0 Å². The fourth-order valence-electron chi connectivity index (χ4n) is 2.19. The zero-order chi connectivity index (χ0) is 11.4. The van der Waals surface area contributed by atoms with Crippen LogP contribution in [0.25, 0.3) is 0 Å². The van der Waals surface area contributed by atoms with Crippen molar-refractivity contribution >= 4 is 0 Å². The maximum Gasteiger partial charge on any atom is 0.0544 e. The smallest absolute Gasteiger partial charge is 0.0544 e. The minimum absolute atomic E-state index is 0.602. The van der Waals surface area contributed by atoms with Crippen LogP contribution >= 0.6 is 0 Å². The van der Waals surface area contributed by atoms with Crippen LogP contribution in [0, 0.1) is 0 Å². The highest BCUT2D eigenvalue weighted by atomic mass is 15.2. The largest absolute Gasteiger partial charge is 0.311 e. The average molecular weight is 219 g/mol. The monoisotopic (exact) mass is 219 g/mol. The van der Waals surface area contributed by atoms with Crippen LogP contribution in [0.2, 0.25) is 0 Å². The van der Waals surface area contributed by atoms with Gasteiger partial charge in [0, 0.05) is 37.9 Å². The average Bonchev–Trinajstić information content (AvgIpc) is 2.33. The lowest BCUT2D eigenvalue weighted by Crippen LogP contribution is -2.54. The van der Waals surface area contributed by atoms with Crippen LogP contribution in [0.4, 0.5) is 0 Å². The van der Waals surface area contributed by atoms with Crippen molar-refractivity contribution in [1.82, 2.24) is 15.2 Å². The van der Waals surface area contributed by atoms with Gasteiger partial charge in [-0.1, -0.05) is 13.0 Å². The first-order valence-corrected chi connectivity index (χ1v) is 6.17. The van der Waals surface area contributed by atoms with E-state index in [1.54, 1.807) is 0 Å². The second-order valence-corrected chi connectivity index (χ2v) is 4.61. The molecule has 0 saturated carbocycles. The molecule has 2 atom stereocenters. The molecule has 1 saturated heterocycles. The van der Waals surface area contributed by atoms with Crippen LogP contribution in [0.5, 0.6) is 0 Å². The molecule has 0 aromatic carbocycles. The first-order valence-electron chi connectivity index (χ1n) is 6.17. The molecule has 16 heavy (non-hydrogen) atoms. The maximum absolute atomic E-state index is 4.40. The summed E-state index contributed by atoms with van der Waals surface area (Å²) in [6.45, 7) is 7.72. The van der Waals surface area contributed by atoms with Crippen LogP contribution in [0.15, 0.2) is 24.4 Å². The van der Waals surface area contributed by atoms with Gasteiger partial charge in [0.2, 0.25) is 0 Å². The third-order valence-corrected chi connectivity index (χ3v) is 3.36. The standard InChI is InChI=1S/C13H21N3/c1-3-12-9-16(11(2)8-15-12)10-13-6-4-5-7-14-13/h4-7,11-12,15H,3,8-10H2,1-2H3. The highest BCUT2D eigenvalue weighted by molar-refractivity contribution is 5.04. The number of aromatic nitrogens is 1. The van der Waals surface area contributed by atoms with E-state index in [0.29, 0.717) is 12.1 Å². The van der Waals surface area contributed by atoms with Gasteiger partial charge in [-0.2, -0.15) is 0 Å². The topological polar surface area (TPSA) is 28.2 Å². The molecule has 2 heterocycles. The highest BCUT2D eigenvalue weighted by Crippen LogP contribution is 2.12. The van der Waals surface area contributed by atoms with Crippen molar-refractivity contribution in [3.63, 3.8) is 0 Å². The van der Waals surface area contributed by atoms with Crippen molar-refractivity contribution in [2.24, 2.45) is 0 Å². The predicted octanol–water partition coefficient (Wildman–Crippen LogP) is 1.65. The van der Waals surface area contributed by atoms with Crippen LogP contribution in [-0.2, 0) is 6.54 Å². The second kappa shape index (κ2) is 5.41. The van der Waals surface area contributed by atoms with Crippen molar-refractivity contribution in [2.75, 3.05) is 13.1 Å². The SMILES string of the molecule is CCC1CN(Cc2ccccn2)C(C)CN1. The predicted molar refractivity (Wildman–Crippen MR) is 66.2 cm³/mol. The van der Waals surface area contributed by atoms with E-state index in [1.807, 2.05) is 12.3 Å². The van der Waals surface area contributed by atoms with E-state index in [4.69, 9.17) is 0 Å². The quantitative estimate of drug-likeness (QED) is 0.838. The second-order valence-electron chi connectivity index (χ2n) is 4.61. The van der Waals surface area contributed by atoms with Gasteiger partial charge in [-0.15, -0.1) is 0 Å². The molecule has 1 fully saturated rings. The fourth-order valence-corrected chi connectivity index (χ4v) is 2.19. The number of hydrogen-bond acceptors (Lipinski definition) is 3. The summed E-state index contributed by atoms with van der Waals surface area (Å²) in [5, 5.41) is 3.57. The van der Waals surface area contributed by atoms with Gasteiger partial charge >= 0.3 is 0 Å². The van der Waals surface area contributed by atoms with E-state index in [1.165, 1.54) is 12.1 Å². The summed E-state index contributed by atoms with van der Waals surface area (Å²) in [6.07, 6.45) is 3.07. The molecule has 3 nitrogen and oxygen atoms in total. The van der Waals surface area contributed by atoms with Gasteiger partial charge in [0.15, 0.2) is 0 Å². The summed E-state index contributed by atoms with van der Waals surface area (Å²) in [6, 6.07) is 7.38. The van der Waals surface area contributed by atoms with Crippen LogP contribution < -0.4 is 5.32 Å². The van der Waals surface area contributed by atoms with E-state index in [-0.39, 0.29) is 0 Å². The Morgan fingerprint density at radius 3 is 3.06 bits per heavy atom. The van der Waals surface area contributed by atoms with E-state index in [0.717, 1.165) is 19.6 Å². The van der Waals surface area contributed by atoms with Crippen LogP contribution in [0.1, 0.15) is 26.0 Å². The van der Waals surface area contributed by atoms with Crippen molar-refractivity contribution < 1.29 is 0 Å². The van der Waals surface area contributed by atoms with E-state index in [9.17, 15) is 0 Å². The summed E-state index contributed by atoms with van der Waals surface area (Å²) in [5.74, 6) is 0. The van der Waals surface area contributed by atoms with Crippen molar-refractivity contribution in [2.45, 2.75) is 38.9 Å². The Bertz CT molecular complexity index is 312. The Morgan fingerprint density at radius 2 is 2.38 bits per heavy atom. The molecule has 1 aliphatic heterocycles. The Hall–Kier alpha value is -0.930. The number of nitrogens with zero attached hydrogens (tertiary/aromatic N) is 2. The van der Waals surface area contributed by atoms with Gasteiger partial charge in [-0.05, 0) is 25.5 Å². The molecule has 2 rings (SSSR count). The summed E-state index contributed by atoms with van der Waals surface area (Å²) in [4.78, 5) is 6.92. The van der Waals surface area contributed by atoms with Gasteiger partial charge in [-0.25, -0.2) is 0 Å². The number of piperazine rings is 1. The van der Waals surface area contributed by atoms with Crippen molar-refractivity contribution in [1.29, 1.82) is 0 Å². The van der Waals surface area contributed by atoms with Gasteiger partial charge < -0.3 is 5.32 Å². The highest BCUT2D eigenvalue weighted by Gasteiger charge is 2.23. The number of nitrogens with one attached hydrogen (secondary N) is 1. The lowest BCUT2D eigenvalue weighted by Gasteiger charge is -2.38. The van der Waals surface area contributed by atoms with Gasteiger partial charge in [0.1, 0.15) is 0 Å². The lowest BCUT2D eigenvalue weighted by atomic mass is 10.1. The molecule has 0 spiro atoms. The molecular weight excluding hydrogens is 198 g/mol. The molecule has 0 amide bonds. The van der Waals surface area contributed by atoms with Crippen LogP contribution in [0.3, 0.4) is 0 Å². The number of hydrogen-bond donors (Lipinski definition) is 1. The minimum atomic E-state index is 0.602. The molecule has 1 aromatic rings. The van der Waals surface area contributed by atoms with Crippen LogP contribution in [-0.4, -0.2) is 35.1 Å². The molecule has 0 bridgehead atoms. The molecule has 1 aliphatic rings. The Balaban J connectivity index is 1.97. The van der Waals surface area contributed by atoms with Crippen molar-refractivity contribution in [3.8, 4) is 0 Å².